The van der Waals surface area contributed by atoms with Crippen molar-refractivity contribution in [3.05, 3.63) is 65.7 Å². The van der Waals surface area contributed by atoms with Gasteiger partial charge in [-0.05, 0) is 56.2 Å². The zero-order valence-electron chi connectivity index (χ0n) is 19.6. The smallest absolute Gasteiger partial charge is 0.263 e. The standard InChI is InChI=1S/C26H30N4O3/c1-18-9-11-23(24(17-18)32-4)33-20(3)26(31)30-15-13-29(14-16-30)25-12-10-22(27-28-25)21-8-6-5-7-19(21)2/h5-12,17,20H,13-16H2,1-4H3. The zero-order chi connectivity index (χ0) is 23.4. The summed E-state index contributed by atoms with van der Waals surface area (Å²) in [7, 11) is 1.60. The Kier molecular flexibility index (Phi) is 6.77. The molecule has 1 saturated heterocycles. The van der Waals surface area contributed by atoms with Crippen LogP contribution in [0.2, 0.25) is 0 Å². The number of nitrogens with zero attached hydrogens (tertiary/aromatic N) is 4. The Morgan fingerprint density at radius 3 is 2.36 bits per heavy atom. The first-order chi connectivity index (χ1) is 16.0. The van der Waals surface area contributed by atoms with Crippen molar-refractivity contribution < 1.29 is 14.3 Å². The highest BCUT2D eigenvalue weighted by Gasteiger charge is 2.27. The molecule has 0 spiro atoms. The van der Waals surface area contributed by atoms with E-state index in [2.05, 4.69) is 34.2 Å². The quantitative estimate of drug-likeness (QED) is 0.572. The Hall–Kier alpha value is -3.61. The number of benzene rings is 2. The van der Waals surface area contributed by atoms with Crippen LogP contribution < -0.4 is 14.4 Å². The third-order valence-corrected chi connectivity index (χ3v) is 5.96. The molecule has 0 saturated carbocycles. The van der Waals surface area contributed by atoms with Gasteiger partial charge in [-0.15, -0.1) is 10.2 Å². The number of aromatic nitrogens is 2. The minimum absolute atomic E-state index is 0.0294. The molecule has 4 rings (SSSR count). The number of carbonyl (C=O) groups is 1. The van der Waals surface area contributed by atoms with Gasteiger partial charge in [-0.25, -0.2) is 0 Å². The molecule has 2 heterocycles. The Morgan fingerprint density at radius 2 is 1.70 bits per heavy atom. The van der Waals surface area contributed by atoms with Gasteiger partial charge in [0, 0.05) is 31.7 Å². The molecule has 0 bridgehead atoms. The fourth-order valence-corrected chi connectivity index (χ4v) is 4.02. The van der Waals surface area contributed by atoms with E-state index in [0.29, 0.717) is 37.7 Å². The maximum absolute atomic E-state index is 13.0. The van der Waals surface area contributed by atoms with E-state index in [-0.39, 0.29) is 5.91 Å². The molecule has 7 nitrogen and oxygen atoms in total. The van der Waals surface area contributed by atoms with Gasteiger partial charge in [0.05, 0.1) is 12.8 Å². The van der Waals surface area contributed by atoms with E-state index < -0.39 is 6.10 Å². The van der Waals surface area contributed by atoms with E-state index in [9.17, 15) is 4.79 Å². The normalized spacial score (nSPS) is 14.7. The van der Waals surface area contributed by atoms with Crippen molar-refractivity contribution in [3.8, 4) is 22.8 Å². The summed E-state index contributed by atoms with van der Waals surface area (Å²) in [5, 5.41) is 8.87. The van der Waals surface area contributed by atoms with Gasteiger partial charge >= 0.3 is 0 Å². The minimum Gasteiger partial charge on any atom is -0.493 e. The van der Waals surface area contributed by atoms with Crippen molar-refractivity contribution in [3.63, 3.8) is 0 Å². The van der Waals surface area contributed by atoms with Gasteiger partial charge in [-0.2, -0.15) is 0 Å². The molecule has 7 heteroatoms. The maximum atomic E-state index is 13.0. The van der Waals surface area contributed by atoms with Crippen molar-refractivity contribution in [2.75, 3.05) is 38.2 Å². The van der Waals surface area contributed by atoms with E-state index in [1.165, 1.54) is 5.56 Å². The Morgan fingerprint density at radius 1 is 0.939 bits per heavy atom. The van der Waals surface area contributed by atoms with Crippen LogP contribution in [-0.2, 0) is 4.79 Å². The van der Waals surface area contributed by atoms with Gasteiger partial charge in [-0.3, -0.25) is 4.79 Å². The molecule has 3 aromatic rings. The van der Waals surface area contributed by atoms with Gasteiger partial charge in [0.25, 0.3) is 5.91 Å². The van der Waals surface area contributed by atoms with E-state index in [1.807, 2.05) is 54.3 Å². The lowest BCUT2D eigenvalue weighted by molar-refractivity contribution is -0.138. The first kappa shape index (κ1) is 22.6. The molecule has 0 aliphatic carbocycles. The van der Waals surface area contributed by atoms with Crippen molar-refractivity contribution >= 4 is 11.7 Å². The van der Waals surface area contributed by atoms with Crippen LogP contribution in [0.25, 0.3) is 11.3 Å². The zero-order valence-corrected chi connectivity index (χ0v) is 19.6. The molecule has 1 aliphatic heterocycles. The van der Waals surface area contributed by atoms with Crippen LogP contribution in [0.15, 0.2) is 54.6 Å². The van der Waals surface area contributed by atoms with Crippen LogP contribution in [-0.4, -0.2) is 60.4 Å². The summed E-state index contributed by atoms with van der Waals surface area (Å²) in [6.07, 6.45) is -0.596. The number of hydrogen-bond acceptors (Lipinski definition) is 6. The topological polar surface area (TPSA) is 67.8 Å². The van der Waals surface area contributed by atoms with Crippen LogP contribution in [0.5, 0.6) is 11.5 Å². The Bertz CT molecular complexity index is 1110. The molecule has 0 radical (unpaired) electrons. The van der Waals surface area contributed by atoms with Gasteiger partial charge in [-0.1, -0.05) is 30.3 Å². The second-order valence-corrected chi connectivity index (χ2v) is 8.32. The molecule has 2 aromatic carbocycles. The van der Waals surface area contributed by atoms with Gasteiger partial charge in [0.15, 0.2) is 23.4 Å². The highest BCUT2D eigenvalue weighted by molar-refractivity contribution is 5.81. The molecule has 172 valence electrons. The number of methoxy groups -OCH3 is 1. The molecule has 1 atom stereocenters. The summed E-state index contributed by atoms with van der Waals surface area (Å²) in [5.41, 5.74) is 4.20. The number of amides is 1. The summed E-state index contributed by atoms with van der Waals surface area (Å²) < 4.78 is 11.3. The SMILES string of the molecule is COc1cc(C)ccc1OC(C)C(=O)N1CCN(c2ccc(-c3ccccc3C)nn2)CC1. The lowest BCUT2D eigenvalue weighted by Crippen LogP contribution is -2.52. The molecule has 33 heavy (non-hydrogen) atoms. The van der Waals surface area contributed by atoms with Crippen LogP contribution in [0.3, 0.4) is 0 Å². The van der Waals surface area contributed by atoms with Crippen LogP contribution in [0, 0.1) is 13.8 Å². The van der Waals surface area contributed by atoms with Crippen LogP contribution >= 0.6 is 0 Å². The molecule has 1 unspecified atom stereocenters. The highest BCUT2D eigenvalue weighted by atomic mass is 16.5. The van der Waals surface area contributed by atoms with Crippen LogP contribution in [0.4, 0.5) is 5.82 Å². The Labute approximate surface area is 195 Å². The predicted molar refractivity (Wildman–Crippen MR) is 129 cm³/mol. The van der Waals surface area contributed by atoms with Crippen molar-refractivity contribution in [1.82, 2.24) is 15.1 Å². The monoisotopic (exact) mass is 446 g/mol. The van der Waals surface area contributed by atoms with E-state index >= 15 is 0 Å². The maximum Gasteiger partial charge on any atom is 0.263 e. The molecular weight excluding hydrogens is 416 g/mol. The van der Waals surface area contributed by atoms with Gasteiger partial charge in [0.1, 0.15) is 0 Å². The fourth-order valence-electron chi connectivity index (χ4n) is 4.02. The van der Waals surface area contributed by atoms with Crippen molar-refractivity contribution in [1.29, 1.82) is 0 Å². The lowest BCUT2D eigenvalue weighted by Gasteiger charge is -2.36. The molecule has 1 amide bonds. The molecule has 1 aromatic heterocycles. The number of hydrogen-bond donors (Lipinski definition) is 0. The largest absolute Gasteiger partial charge is 0.493 e. The van der Waals surface area contributed by atoms with E-state index in [1.54, 1.807) is 14.0 Å². The fraction of sp³-hybridized carbons (Fsp3) is 0.346. The summed E-state index contributed by atoms with van der Waals surface area (Å²) in [6.45, 7) is 8.46. The van der Waals surface area contributed by atoms with Crippen molar-refractivity contribution in [2.45, 2.75) is 26.9 Å². The third kappa shape index (κ3) is 5.08. The van der Waals surface area contributed by atoms with Gasteiger partial charge < -0.3 is 19.3 Å². The number of aryl methyl sites for hydroxylation is 2. The summed E-state index contributed by atoms with van der Waals surface area (Å²) >= 11 is 0. The summed E-state index contributed by atoms with van der Waals surface area (Å²) in [5.74, 6) is 2.00. The number of piperazine rings is 1. The average Bonchev–Trinajstić information content (AvgIpc) is 2.85. The summed E-state index contributed by atoms with van der Waals surface area (Å²) in [6, 6.07) is 17.8. The van der Waals surface area contributed by atoms with Crippen molar-refractivity contribution in [2.24, 2.45) is 0 Å². The van der Waals surface area contributed by atoms with E-state index in [4.69, 9.17) is 9.47 Å². The summed E-state index contributed by atoms with van der Waals surface area (Å²) in [4.78, 5) is 17.0. The second kappa shape index (κ2) is 9.90. The third-order valence-electron chi connectivity index (χ3n) is 5.96. The Balaban J connectivity index is 1.34. The lowest BCUT2D eigenvalue weighted by atomic mass is 10.1. The van der Waals surface area contributed by atoms with E-state index in [0.717, 1.165) is 22.6 Å². The minimum atomic E-state index is -0.596. The number of carbonyl (C=O) groups excluding carboxylic acids is 1. The highest BCUT2D eigenvalue weighted by Crippen LogP contribution is 2.29. The molecule has 0 N–H and O–H groups in total. The molecule has 1 aliphatic rings. The van der Waals surface area contributed by atoms with Crippen LogP contribution in [0.1, 0.15) is 18.1 Å². The van der Waals surface area contributed by atoms with Gasteiger partial charge in [0.2, 0.25) is 0 Å². The first-order valence-corrected chi connectivity index (χ1v) is 11.2. The number of ether oxygens (including phenoxy) is 2. The second-order valence-electron chi connectivity index (χ2n) is 8.32. The predicted octanol–water partition coefficient (Wildman–Crippen LogP) is 3.89. The number of rotatable bonds is 6. The molecule has 1 fully saturated rings. The first-order valence-electron chi connectivity index (χ1n) is 11.2. The number of anilines is 1. The molecular formula is C26H30N4O3. The average molecular weight is 447 g/mol.